The van der Waals surface area contributed by atoms with Gasteiger partial charge in [0, 0.05) is 36.3 Å². The van der Waals surface area contributed by atoms with E-state index in [2.05, 4.69) is 4.90 Å². The second-order valence-corrected chi connectivity index (χ2v) is 12.1. The zero-order valence-corrected chi connectivity index (χ0v) is 21.1. The molecule has 0 aromatic heterocycles. The number of nitrogens with zero attached hydrogens (tertiary/aromatic N) is 3. The number of hydrogen-bond donors (Lipinski definition) is 0. The minimum atomic E-state index is -3.76. The number of carbonyl (C=O) groups is 1. The molecule has 4 aliphatic rings. The standard InChI is InChI=1S/C25H34ClN3O4S/c26-19-7-10-22(11-8-19)34(31,32)29-21-5-4-6-23(29)24(12-9-21)33-25(30)28-17-13-20(14-18-28)27-15-2-1-3-16-27/h7-11,20,23-24H,1-6,12-18H2/t23?,24-/m1/s1. The number of benzene rings is 1. The Kier molecular flexibility index (Phi) is 7.09. The molecule has 0 N–H and O–H groups in total. The molecule has 34 heavy (non-hydrogen) atoms. The van der Waals surface area contributed by atoms with Crippen LogP contribution in [0.25, 0.3) is 0 Å². The molecule has 0 radical (unpaired) electrons. The van der Waals surface area contributed by atoms with Gasteiger partial charge in [0.25, 0.3) is 10.0 Å². The predicted octanol–water partition coefficient (Wildman–Crippen LogP) is 4.63. The molecule has 7 nitrogen and oxygen atoms in total. The lowest BCUT2D eigenvalue weighted by molar-refractivity contribution is 0.0112. The smallest absolute Gasteiger partial charge is 0.410 e. The third-order valence-electron chi connectivity index (χ3n) is 7.78. The number of fused-ring (bicyclic) bond motifs is 2. The predicted molar refractivity (Wildman–Crippen MR) is 131 cm³/mol. The Morgan fingerprint density at radius 2 is 1.65 bits per heavy atom. The van der Waals surface area contributed by atoms with Gasteiger partial charge in [0.05, 0.1) is 10.9 Å². The fourth-order valence-corrected chi connectivity index (χ4v) is 7.86. The molecule has 3 saturated heterocycles. The first-order chi connectivity index (χ1) is 16.4. The first-order valence-electron chi connectivity index (χ1n) is 12.6. The molecule has 4 aliphatic heterocycles. The molecule has 5 rings (SSSR count). The lowest BCUT2D eigenvalue weighted by Gasteiger charge is -2.45. The number of likely N-dealkylation sites (tertiary alicyclic amines) is 2. The van der Waals surface area contributed by atoms with E-state index in [4.69, 9.17) is 16.3 Å². The van der Waals surface area contributed by atoms with Crippen LogP contribution in [0.3, 0.4) is 0 Å². The number of rotatable bonds is 4. The van der Waals surface area contributed by atoms with E-state index in [0.717, 1.165) is 25.0 Å². The monoisotopic (exact) mass is 507 g/mol. The van der Waals surface area contributed by atoms with Crippen molar-refractivity contribution >= 4 is 27.7 Å². The van der Waals surface area contributed by atoms with Crippen LogP contribution < -0.4 is 0 Å². The van der Waals surface area contributed by atoms with Gasteiger partial charge in [-0.1, -0.05) is 24.1 Å². The Labute approximate surface area is 207 Å². The molecule has 4 heterocycles. The van der Waals surface area contributed by atoms with E-state index in [9.17, 15) is 13.2 Å². The number of ether oxygens (including phenoxy) is 1. The van der Waals surface area contributed by atoms with Gasteiger partial charge in [-0.05, 0) is 82.3 Å². The largest absolute Gasteiger partial charge is 0.444 e. The summed E-state index contributed by atoms with van der Waals surface area (Å²) >= 11 is 5.97. The molecule has 1 aromatic carbocycles. The fourth-order valence-electron chi connectivity index (χ4n) is 5.95. The van der Waals surface area contributed by atoms with Crippen LogP contribution in [0.4, 0.5) is 4.79 Å². The fraction of sp³-hybridized carbons (Fsp3) is 0.640. The molecule has 3 fully saturated rings. The molecule has 186 valence electrons. The molecule has 1 aromatic rings. The third kappa shape index (κ3) is 4.82. The zero-order chi connectivity index (χ0) is 23.7. The van der Waals surface area contributed by atoms with Crippen molar-refractivity contribution in [3.8, 4) is 0 Å². The Balaban J connectivity index is 1.25. The number of carbonyl (C=O) groups excluding carboxylic acids is 1. The lowest BCUT2D eigenvalue weighted by atomic mass is 9.91. The van der Waals surface area contributed by atoms with Crippen molar-refractivity contribution in [1.82, 2.24) is 14.1 Å². The van der Waals surface area contributed by atoms with Gasteiger partial charge in [-0.3, -0.25) is 4.31 Å². The van der Waals surface area contributed by atoms with Crippen LogP contribution >= 0.6 is 11.6 Å². The molecule has 0 saturated carbocycles. The zero-order valence-electron chi connectivity index (χ0n) is 19.6. The molecule has 1 unspecified atom stereocenters. The van der Waals surface area contributed by atoms with Gasteiger partial charge in [-0.15, -0.1) is 0 Å². The number of allylic oxidation sites excluding steroid dienone is 1. The highest BCUT2D eigenvalue weighted by molar-refractivity contribution is 7.89. The van der Waals surface area contributed by atoms with E-state index in [1.54, 1.807) is 17.0 Å². The van der Waals surface area contributed by atoms with E-state index in [0.29, 0.717) is 43.4 Å². The van der Waals surface area contributed by atoms with E-state index in [1.165, 1.54) is 48.8 Å². The summed E-state index contributed by atoms with van der Waals surface area (Å²) in [4.78, 5) is 17.7. The summed E-state index contributed by atoms with van der Waals surface area (Å²) in [5.41, 5.74) is 0.806. The van der Waals surface area contributed by atoms with Crippen LogP contribution in [0.1, 0.15) is 57.8 Å². The first-order valence-corrected chi connectivity index (χ1v) is 14.4. The molecule has 9 heteroatoms. The Morgan fingerprint density at radius 3 is 2.35 bits per heavy atom. The van der Waals surface area contributed by atoms with Gasteiger partial charge in [0.15, 0.2) is 0 Å². The molecule has 2 bridgehead atoms. The van der Waals surface area contributed by atoms with Gasteiger partial charge in [-0.25, -0.2) is 13.2 Å². The maximum Gasteiger partial charge on any atom is 0.410 e. The number of sulfonamides is 1. The second kappa shape index (κ2) is 10.1. The quantitative estimate of drug-likeness (QED) is 0.594. The Bertz CT molecular complexity index is 1020. The number of piperidine rings is 3. The van der Waals surface area contributed by atoms with Crippen LogP contribution in [0.15, 0.2) is 40.9 Å². The highest BCUT2D eigenvalue weighted by Gasteiger charge is 2.44. The molecule has 0 spiro atoms. The topological polar surface area (TPSA) is 70.2 Å². The summed E-state index contributed by atoms with van der Waals surface area (Å²) in [5, 5.41) is 0.493. The van der Waals surface area contributed by atoms with Crippen LogP contribution in [-0.4, -0.2) is 73.0 Å². The van der Waals surface area contributed by atoms with Gasteiger partial charge in [0.2, 0.25) is 0 Å². The second-order valence-electron chi connectivity index (χ2n) is 9.88. The minimum Gasteiger partial charge on any atom is -0.444 e. The summed E-state index contributed by atoms with van der Waals surface area (Å²) in [5.74, 6) is 0. The summed E-state index contributed by atoms with van der Waals surface area (Å²) in [7, 11) is -3.76. The maximum absolute atomic E-state index is 13.5. The van der Waals surface area contributed by atoms with E-state index >= 15 is 0 Å². The summed E-state index contributed by atoms with van der Waals surface area (Å²) in [6.07, 6.45) is 9.82. The SMILES string of the molecule is O=C(O[C@@H]1CC=C2CCCC1N2S(=O)(=O)c1ccc(Cl)cc1)N1CCC(N2CCCCC2)CC1. The normalized spacial score (nSPS) is 26.8. The Hall–Kier alpha value is -1.77. The number of halogens is 1. The lowest BCUT2D eigenvalue weighted by Crippen LogP contribution is -2.54. The average Bonchev–Trinajstić information content (AvgIpc) is 2.86. The first kappa shape index (κ1) is 23.9. The van der Waals surface area contributed by atoms with Crippen molar-refractivity contribution in [2.45, 2.75) is 80.9 Å². The molecular formula is C25H34ClN3O4S. The molecule has 1 amide bonds. The van der Waals surface area contributed by atoms with Crippen molar-refractivity contribution in [3.05, 3.63) is 41.1 Å². The molecule has 2 atom stereocenters. The van der Waals surface area contributed by atoms with Crippen molar-refractivity contribution in [2.24, 2.45) is 0 Å². The van der Waals surface area contributed by atoms with Crippen LogP contribution in [0, 0.1) is 0 Å². The van der Waals surface area contributed by atoms with E-state index < -0.39 is 16.1 Å². The van der Waals surface area contributed by atoms with Crippen LogP contribution in [0.2, 0.25) is 5.02 Å². The van der Waals surface area contributed by atoms with Gasteiger partial charge in [-0.2, -0.15) is 0 Å². The molecular weight excluding hydrogens is 474 g/mol. The van der Waals surface area contributed by atoms with E-state index in [-0.39, 0.29) is 17.0 Å². The molecule has 0 aliphatic carbocycles. The van der Waals surface area contributed by atoms with Gasteiger partial charge < -0.3 is 14.5 Å². The number of amides is 1. The third-order valence-corrected chi connectivity index (χ3v) is 9.93. The summed E-state index contributed by atoms with van der Waals surface area (Å²) < 4.78 is 34.5. The highest BCUT2D eigenvalue weighted by Crippen LogP contribution is 2.39. The van der Waals surface area contributed by atoms with Gasteiger partial charge >= 0.3 is 6.09 Å². The van der Waals surface area contributed by atoms with Crippen LogP contribution in [0.5, 0.6) is 0 Å². The average molecular weight is 508 g/mol. The summed E-state index contributed by atoms with van der Waals surface area (Å²) in [6, 6.07) is 6.44. The van der Waals surface area contributed by atoms with E-state index in [1.807, 2.05) is 6.08 Å². The van der Waals surface area contributed by atoms with Crippen molar-refractivity contribution < 1.29 is 17.9 Å². The Morgan fingerprint density at radius 1 is 0.941 bits per heavy atom. The summed E-state index contributed by atoms with van der Waals surface area (Å²) in [6.45, 7) is 3.74. The minimum absolute atomic E-state index is 0.210. The highest BCUT2D eigenvalue weighted by atomic mass is 35.5. The van der Waals surface area contributed by atoms with Crippen LogP contribution in [-0.2, 0) is 14.8 Å². The van der Waals surface area contributed by atoms with Crippen molar-refractivity contribution in [1.29, 1.82) is 0 Å². The van der Waals surface area contributed by atoms with Crippen molar-refractivity contribution in [2.75, 3.05) is 26.2 Å². The maximum atomic E-state index is 13.5. The number of hydrogen-bond acceptors (Lipinski definition) is 5. The van der Waals surface area contributed by atoms with Crippen molar-refractivity contribution in [3.63, 3.8) is 0 Å². The van der Waals surface area contributed by atoms with Gasteiger partial charge in [0.1, 0.15) is 6.10 Å².